The molecule has 38 heavy (non-hydrogen) atoms. The van der Waals surface area contributed by atoms with Gasteiger partial charge in [-0.1, -0.05) is 0 Å². The van der Waals surface area contributed by atoms with Gasteiger partial charge in [0.05, 0.1) is 0 Å². The molecule has 6 aliphatic rings. The van der Waals surface area contributed by atoms with Crippen LogP contribution in [0, 0.1) is 0 Å². The Balaban J connectivity index is 1.20. The Bertz CT molecular complexity index is 931. The average molecular weight is 563 g/mol. The molecule has 14 heteroatoms. The molecule has 0 spiro atoms. The molecule has 0 amide bonds. The average Bonchev–Trinajstić information content (AvgIpc) is 3.57. The highest BCUT2D eigenvalue weighted by molar-refractivity contribution is 7.40. The standard InChI is InChI=1S/C24H35O13P/c1-21(2)26-9-11(30-21)13-15(17-19(28-13)34-23(5,6)32-17)36-38(25)37-16-14(12-10-27-22(3,4)31-12)29-20-18(16)33-24(7,8)35-20/h9-10,13-20,25H,1-8H3/t13-,14-,15+,16+,17-,18-,19-,20-/m0/s1. The maximum Gasteiger partial charge on any atom is 0.330 e. The summed E-state index contributed by atoms with van der Waals surface area (Å²) in [6, 6.07) is 0. The molecular formula is C24H35O13P. The van der Waals surface area contributed by atoms with Crippen LogP contribution in [0.4, 0.5) is 0 Å². The van der Waals surface area contributed by atoms with Crippen LogP contribution in [0.3, 0.4) is 0 Å². The van der Waals surface area contributed by atoms with E-state index in [0.717, 1.165) is 0 Å². The molecule has 6 aliphatic heterocycles. The zero-order chi connectivity index (χ0) is 27.3. The van der Waals surface area contributed by atoms with Crippen molar-refractivity contribution >= 4 is 8.60 Å². The molecule has 0 radical (unpaired) electrons. The summed E-state index contributed by atoms with van der Waals surface area (Å²) >= 11 is 0. The first-order valence-corrected chi connectivity index (χ1v) is 13.7. The predicted molar refractivity (Wildman–Crippen MR) is 125 cm³/mol. The molecular weight excluding hydrogens is 527 g/mol. The highest BCUT2D eigenvalue weighted by atomic mass is 31.2. The van der Waals surface area contributed by atoms with Crippen molar-refractivity contribution < 1.29 is 61.3 Å². The molecule has 13 nitrogen and oxygen atoms in total. The lowest BCUT2D eigenvalue weighted by molar-refractivity contribution is -0.218. The molecule has 0 aliphatic carbocycles. The summed E-state index contributed by atoms with van der Waals surface area (Å²) in [4.78, 5) is 11.1. The Morgan fingerprint density at radius 3 is 1.37 bits per heavy atom. The van der Waals surface area contributed by atoms with Gasteiger partial charge in [0.25, 0.3) is 0 Å². The van der Waals surface area contributed by atoms with Crippen molar-refractivity contribution in [3.05, 3.63) is 24.0 Å². The second-order valence-corrected chi connectivity index (χ2v) is 12.6. The van der Waals surface area contributed by atoms with Gasteiger partial charge in [-0.15, -0.1) is 0 Å². The van der Waals surface area contributed by atoms with Gasteiger partial charge in [-0.25, -0.2) is 0 Å². The van der Waals surface area contributed by atoms with E-state index in [0.29, 0.717) is 11.5 Å². The maximum absolute atomic E-state index is 11.1. The molecule has 4 saturated heterocycles. The van der Waals surface area contributed by atoms with Gasteiger partial charge in [-0.3, -0.25) is 0 Å². The Hall–Kier alpha value is -1.25. The molecule has 0 aromatic carbocycles. The van der Waals surface area contributed by atoms with Gasteiger partial charge in [-0.05, 0) is 27.7 Å². The summed E-state index contributed by atoms with van der Waals surface area (Å²) in [6.45, 7) is 14.2. The van der Waals surface area contributed by atoms with Gasteiger partial charge in [0.15, 0.2) is 47.9 Å². The van der Waals surface area contributed by atoms with E-state index in [1.54, 1.807) is 55.4 Å². The van der Waals surface area contributed by atoms with Crippen LogP contribution in [0.5, 0.6) is 0 Å². The van der Waals surface area contributed by atoms with Gasteiger partial charge >= 0.3 is 8.60 Å². The van der Waals surface area contributed by atoms with Gasteiger partial charge in [-0.2, -0.15) is 0 Å². The summed E-state index contributed by atoms with van der Waals surface area (Å²) in [7, 11) is -2.52. The van der Waals surface area contributed by atoms with Crippen molar-refractivity contribution in [2.24, 2.45) is 0 Å². The van der Waals surface area contributed by atoms with Crippen LogP contribution in [0.25, 0.3) is 0 Å². The normalized spacial score (nSPS) is 43.8. The number of hydrogen-bond donors (Lipinski definition) is 1. The third-order valence-electron chi connectivity index (χ3n) is 6.61. The predicted octanol–water partition coefficient (Wildman–Crippen LogP) is 2.98. The van der Waals surface area contributed by atoms with E-state index in [1.807, 2.05) is 0 Å². The Kier molecular flexibility index (Phi) is 6.29. The molecule has 0 unspecified atom stereocenters. The summed E-state index contributed by atoms with van der Waals surface area (Å²) in [5.41, 5.74) is 0. The fourth-order valence-corrected chi connectivity index (χ4v) is 6.12. The summed E-state index contributed by atoms with van der Waals surface area (Å²) in [5.74, 6) is -2.77. The summed E-state index contributed by atoms with van der Waals surface area (Å²) in [5, 5.41) is 0. The third-order valence-corrected chi connectivity index (χ3v) is 7.46. The van der Waals surface area contributed by atoms with Crippen LogP contribution in [-0.2, 0) is 56.4 Å². The van der Waals surface area contributed by atoms with E-state index in [2.05, 4.69) is 0 Å². The topological polar surface area (TPSA) is 131 Å². The Labute approximate surface area is 222 Å². The van der Waals surface area contributed by atoms with Crippen LogP contribution in [-0.4, -0.2) is 77.2 Å². The quantitative estimate of drug-likeness (QED) is 0.477. The Morgan fingerprint density at radius 2 is 1.03 bits per heavy atom. The van der Waals surface area contributed by atoms with Crippen molar-refractivity contribution in [3.8, 4) is 0 Å². The minimum absolute atomic E-state index is 0.392. The van der Waals surface area contributed by atoms with Gasteiger partial charge in [0.1, 0.15) is 36.9 Å². The summed E-state index contributed by atoms with van der Waals surface area (Å²) in [6.07, 6.45) is -3.08. The minimum atomic E-state index is -2.52. The second kappa shape index (κ2) is 8.87. The van der Waals surface area contributed by atoms with Crippen molar-refractivity contribution in [1.82, 2.24) is 0 Å². The number of fused-ring (bicyclic) bond motifs is 2. The molecule has 0 aromatic heterocycles. The van der Waals surface area contributed by atoms with Gasteiger partial charge < -0.3 is 61.3 Å². The smallest absolute Gasteiger partial charge is 0.330 e. The first kappa shape index (κ1) is 26.9. The lowest BCUT2D eigenvalue weighted by Crippen LogP contribution is -2.40. The van der Waals surface area contributed by atoms with Gasteiger partial charge in [0.2, 0.25) is 11.6 Å². The highest BCUT2D eigenvalue weighted by Crippen LogP contribution is 2.51. The zero-order valence-corrected chi connectivity index (χ0v) is 23.5. The lowest BCUT2D eigenvalue weighted by atomic mass is 10.1. The first-order chi connectivity index (χ1) is 17.6. The largest absolute Gasteiger partial charge is 0.457 e. The molecule has 0 aromatic rings. The molecule has 6 heterocycles. The minimum Gasteiger partial charge on any atom is -0.457 e. The van der Waals surface area contributed by atoms with E-state index >= 15 is 0 Å². The number of ether oxygens (including phenoxy) is 10. The van der Waals surface area contributed by atoms with Crippen LogP contribution in [0.1, 0.15) is 55.4 Å². The molecule has 0 saturated carbocycles. The van der Waals surface area contributed by atoms with E-state index in [9.17, 15) is 4.89 Å². The van der Waals surface area contributed by atoms with E-state index in [1.165, 1.54) is 12.5 Å². The van der Waals surface area contributed by atoms with Crippen LogP contribution in [0.2, 0.25) is 0 Å². The molecule has 1 N–H and O–H groups in total. The first-order valence-electron chi connectivity index (χ1n) is 12.6. The number of hydrogen-bond acceptors (Lipinski definition) is 13. The van der Waals surface area contributed by atoms with E-state index in [4.69, 9.17) is 56.4 Å². The number of rotatable bonds is 6. The lowest BCUT2D eigenvalue weighted by Gasteiger charge is -2.30. The molecule has 0 bridgehead atoms. The molecule has 8 atom stereocenters. The van der Waals surface area contributed by atoms with Crippen LogP contribution < -0.4 is 0 Å². The van der Waals surface area contributed by atoms with E-state index in [-0.39, 0.29) is 0 Å². The molecule has 4 fully saturated rings. The van der Waals surface area contributed by atoms with Crippen molar-refractivity contribution in [2.45, 2.75) is 128 Å². The fourth-order valence-electron chi connectivity index (χ4n) is 5.19. The monoisotopic (exact) mass is 562 g/mol. The van der Waals surface area contributed by atoms with E-state index < -0.39 is 81.0 Å². The molecule has 6 rings (SSSR count). The SMILES string of the molecule is CC1(C)OC=C([C@@H]2O[C@H]3OC(C)(C)O[C@H]3[C@@H]2OP(O)O[C@H]2[C@@H]3OC(C)(C)O[C@@H]3O[C@H]2C2=COC(C)(C)O2)O1. The van der Waals surface area contributed by atoms with Crippen LogP contribution >= 0.6 is 8.60 Å². The highest BCUT2D eigenvalue weighted by Gasteiger charge is 2.61. The van der Waals surface area contributed by atoms with Crippen LogP contribution in [0.15, 0.2) is 24.0 Å². The third kappa shape index (κ3) is 5.03. The maximum atomic E-state index is 11.1. The second-order valence-electron chi connectivity index (χ2n) is 11.7. The van der Waals surface area contributed by atoms with Crippen molar-refractivity contribution in [3.63, 3.8) is 0 Å². The van der Waals surface area contributed by atoms with Crippen molar-refractivity contribution in [2.75, 3.05) is 0 Å². The summed E-state index contributed by atoms with van der Waals surface area (Å²) < 4.78 is 71.1. The van der Waals surface area contributed by atoms with Gasteiger partial charge in [0, 0.05) is 27.7 Å². The van der Waals surface area contributed by atoms with Crippen molar-refractivity contribution in [1.29, 1.82) is 0 Å². The fraction of sp³-hybridized carbons (Fsp3) is 0.833. The Morgan fingerprint density at radius 1 is 0.632 bits per heavy atom. The zero-order valence-electron chi connectivity index (χ0n) is 22.6. The molecule has 214 valence electrons.